The largest absolute Gasteiger partial charge is 0.307 e. The van der Waals surface area contributed by atoms with Gasteiger partial charge in [0.05, 0.1) is 10.3 Å². The molecule has 2 aromatic heterocycles. The van der Waals surface area contributed by atoms with E-state index >= 15 is 0 Å². The molecule has 1 N–H and O–H groups in total. The Morgan fingerprint density at radius 3 is 2.44 bits per heavy atom. The van der Waals surface area contributed by atoms with E-state index in [4.69, 9.17) is 0 Å². The van der Waals surface area contributed by atoms with Gasteiger partial charge in [0.1, 0.15) is 5.82 Å². The topological polar surface area (TPSA) is 54.9 Å². The van der Waals surface area contributed by atoms with Crippen LogP contribution in [0.1, 0.15) is 26.9 Å². The second-order valence-corrected chi connectivity index (χ2v) is 8.87. The molecule has 0 spiro atoms. The van der Waals surface area contributed by atoms with Crippen molar-refractivity contribution in [2.75, 3.05) is 16.8 Å². The number of amides is 1. The molecular weight excluding hydrogens is 374 g/mol. The van der Waals surface area contributed by atoms with Crippen molar-refractivity contribution >= 4 is 35.2 Å². The van der Waals surface area contributed by atoms with Gasteiger partial charge in [-0.1, -0.05) is 18.2 Å². The third-order valence-electron chi connectivity index (χ3n) is 4.24. The summed E-state index contributed by atoms with van der Waals surface area (Å²) in [6.07, 6.45) is 4.75. The number of nitrogens with zero attached hydrogens (tertiary/aromatic N) is 2. The minimum absolute atomic E-state index is 0.149. The number of rotatable bonds is 4. The summed E-state index contributed by atoms with van der Waals surface area (Å²) >= 11 is 3.96. The summed E-state index contributed by atoms with van der Waals surface area (Å²) in [6.45, 7) is 0. The number of hydrogen-bond donors (Lipinski definition) is 1. The number of aromatic nitrogens is 2. The molecule has 3 aromatic rings. The fourth-order valence-electron chi connectivity index (χ4n) is 2.81. The van der Waals surface area contributed by atoms with Crippen LogP contribution in [0.25, 0.3) is 11.3 Å². The third-order valence-corrected chi connectivity index (χ3v) is 7.25. The maximum Gasteiger partial charge on any atom is 0.256 e. The summed E-state index contributed by atoms with van der Waals surface area (Å²) in [5, 5.41) is 2.86. The Labute approximate surface area is 167 Å². The van der Waals surface area contributed by atoms with Gasteiger partial charge in [0.25, 0.3) is 5.91 Å². The molecule has 0 atom stereocenters. The highest BCUT2D eigenvalue weighted by Gasteiger charge is 2.17. The van der Waals surface area contributed by atoms with Gasteiger partial charge in [0.2, 0.25) is 0 Å². The van der Waals surface area contributed by atoms with Crippen LogP contribution in [0.5, 0.6) is 0 Å². The normalized spacial score (nSPS) is 14.7. The molecule has 1 aromatic carbocycles. The highest BCUT2D eigenvalue weighted by Crippen LogP contribution is 2.43. The van der Waals surface area contributed by atoms with Crippen LogP contribution in [0, 0.1) is 0 Å². The average Bonchev–Trinajstić information content (AvgIpc) is 2.76. The lowest BCUT2D eigenvalue weighted by atomic mass is 10.1. The number of pyridine rings is 2. The van der Waals surface area contributed by atoms with Gasteiger partial charge in [-0.25, -0.2) is 4.98 Å². The minimum Gasteiger partial charge on any atom is -0.307 e. The molecule has 0 bridgehead atoms. The predicted molar refractivity (Wildman–Crippen MR) is 114 cm³/mol. The Kier molecular flexibility index (Phi) is 5.75. The second-order valence-electron chi connectivity index (χ2n) is 6.15. The van der Waals surface area contributed by atoms with Crippen LogP contribution in [-0.4, -0.2) is 27.4 Å². The quantitative estimate of drug-likeness (QED) is 0.655. The maximum absolute atomic E-state index is 12.5. The lowest BCUT2D eigenvalue weighted by Gasteiger charge is -2.21. The Bertz CT molecular complexity index is 893. The zero-order valence-electron chi connectivity index (χ0n) is 14.7. The molecule has 1 fully saturated rings. The van der Waals surface area contributed by atoms with Crippen LogP contribution in [0.3, 0.4) is 0 Å². The van der Waals surface area contributed by atoms with Crippen LogP contribution >= 0.6 is 23.5 Å². The van der Waals surface area contributed by atoms with E-state index in [0.29, 0.717) is 16.0 Å². The molecule has 1 saturated heterocycles. The number of anilines is 1. The van der Waals surface area contributed by atoms with Gasteiger partial charge in [-0.15, -0.1) is 23.5 Å². The summed E-state index contributed by atoms with van der Waals surface area (Å²) in [5.41, 5.74) is 3.69. The van der Waals surface area contributed by atoms with Gasteiger partial charge < -0.3 is 5.32 Å². The number of carbonyl (C=O) groups excluding carboxylic acids is 1. The first-order valence-corrected chi connectivity index (χ1v) is 10.9. The monoisotopic (exact) mass is 393 g/mol. The summed E-state index contributed by atoms with van der Waals surface area (Å²) in [7, 11) is 0. The highest BCUT2D eigenvalue weighted by atomic mass is 32.2. The van der Waals surface area contributed by atoms with Crippen molar-refractivity contribution in [3.8, 4) is 11.3 Å². The summed E-state index contributed by atoms with van der Waals surface area (Å²) in [5.74, 6) is 2.80. The zero-order valence-corrected chi connectivity index (χ0v) is 16.3. The van der Waals surface area contributed by atoms with Crippen LogP contribution in [0.15, 0.2) is 67.0 Å². The first-order valence-electron chi connectivity index (χ1n) is 8.81. The standard InChI is InChI=1S/C21H19N3OS2/c25-20(15-5-7-16(8-6-15)21-26-12-3-13-27-21)24-19-10-9-17(14-23-19)18-4-1-2-11-22-18/h1-2,4-11,14,21H,3,12-13H2,(H,23,24,25). The van der Waals surface area contributed by atoms with E-state index in [-0.39, 0.29) is 5.91 Å². The first kappa shape index (κ1) is 18.1. The second kappa shape index (κ2) is 8.59. The molecule has 4 nitrogen and oxygen atoms in total. The number of benzene rings is 1. The van der Waals surface area contributed by atoms with Crippen LogP contribution in [0.2, 0.25) is 0 Å². The number of thioether (sulfide) groups is 2. The van der Waals surface area contributed by atoms with E-state index in [1.54, 1.807) is 18.5 Å². The summed E-state index contributed by atoms with van der Waals surface area (Å²) < 4.78 is 0.483. The Morgan fingerprint density at radius 1 is 0.963 bits per heavy atom. The Morgan fingerprint density at radius 2 is 1.78 bits per heavy atom. The molecule has 0 aliphatic carbocycles. The number of nitrogens with one attached hydrogen (secondary N) is 1. The molecule has 1 aliphatic rings. The lowest BCUT2D eigenvalue weighted by Crippen LogP contribution is -2.13. The predicted octanol–water partition coefficient (Wildman–Crippen LogP) is 5.26. The zero-order chi connectivity index (χ0) is 18.5. The molecule has 0 saturated carbocycles. The third kappa shape index (κ3) is 4.51. The van der Waals surface area contributed by atoms with Crippen LogP contribution in [-0.2, 0) is 0 Å². The van der Waals surface area contributed by atoms with Crippen LogP contribution in [0.4, 0.5) is 5.82 Å². The lowest BCUT2D eigenvalue weighted by molar-refractivity contribution is 0.102. The summed E-state index contributed by atoms with van der Waals surface area (Å²) in [6, 6.07) is 17.3. The molecular formula is C21H19N3OS2. The molecule has 136 valence electrons. The van der Waals surface area contributed by atoms with E-state index in [1.807, 2.05) is 59.9 Å². The molecule has 27 heavy (non-hydrogen) atoms. The molecule has 1 amide bonds. The van der Waals surface area contributed by atoms with Crippen LogP contribution < -0.4 is 5.32 Å². The molecule has 1 aliphatic heterocycles. The first-order chi connectivity index (χ1) is 13.3. The smallest absolute Gasteiger partial charge is 0.256 e. The van der Waals surface area contributed by atoms with E-state index in [2.05, 4.69) is 27.4 Å². The molecule has 3 heterocycles. The van der Waals surface area contributed by atoms with Gasteiger partial charge in [-0.2, -0.15) is 0 Å². The number of carbonyl (C=O) groups is 1. The fraction of sp³-hybridized carbons (Fsp3) is 0.190. The van der Waals surface area contributed by atoms with Gasteiger partial charge in [0.15, 0.2) is 0 Å². The van der Waals surface area contributed by atoms with Gasteiger partial charge >= 0.3 is 0 Å². The molecule has 0 unspecified atom stereocenters. The summed E-state index contributed by atoms with van der Waals surface area (Å²) in [4.78, 5) is 21.1. The number of hydrogen-bond acceptors (Lipinski definition) is 5. The Balaban J connectivity index is 1.41. The van der Waals surface area contributed by atoms with E-state index in [9.17, 15) is 4.79 Å². The van der Waals surface area contributed by atoms with E-state index in [0.717, 1.165) is 11.3 Å². The highest BCUT2D eigenvalue weighted by molar-refractivity contribution is 8.16. The van der Waals surface area contributed by atoms with E-state index < -0.39 is 0 Å². The van der Waals surface area contributed by atoms with Crippen molar-refractivity contribution in [2.24, 2.45) is 0 Å². The molecule has 4 rings (SSSR count). The van der Waals surface area contributed by atoms with Crippen molar-refractivity contribution in [2.45, 2.75) is 11.0 Å². The fourth-order valence-corrected chi connectivity index (χ4v) is 5.71. The minimum atomic E-state index is -0.149. The van der Waals surface area contributed by atoms with Gasteiger partial charge in [-0.3, -0.25) is 9.78 Å². The molecule has 6 heteroatoms. The van der Waals surface area contributed by atoms with Gasteiger partial charge in [0, 0.05) is 23.5 Å². The van der Waals surface area contributed by atoms with E-state index in [1.165, 1.54) is 23.5 Å². The van der Waals surface area contributed by atoms with Gasteiger partial charge in [-0.05, 0) is 59.9 Å². The maximum atomic E-state index is 12.5. The van der Waals surface area contributed by atoms with Crippen molar-refractivity contribution in [3.63, 3.8) is 0 Å². The average molecular weight is 394 g/mol. The van der Waals surface area contributed by atoms with Crippen molar-refractivity contribution in [1.29, 1.82) is 0 Å². The SMILES string of the molecule is O=C(Nc1ccc(-c2ccccn2)cn1)c1ccc(C2SCCCS2)cc1. The molecule has 0 radical (unpaired) electrons. The van der Waals surface area contributed by atoms with Crippen molar-refractivity contribution in [3.05, 3.63) is 78.1 Å². The van der Waals surface area contributed by atoms with Crippen molar-refractivity contribution in [1.82, 2.24) is 9.97 Å². The van der Waals surface area contributed by atoms with Crippen molar-refractivity contribution < 1.29 is 4.79 Å². The Hall–Kier alpha value is -2.31.